The summed E-state index contributed by atoms with van der Waals surface area (Å²) in [5.74, 6) is 0.303. The summed E-state index contributed by atoms with van der Waals surface area (Å²) >= 11 is 0. The van der Waals surface area contributed by atoms with Crippen molar-refractivity contribution in [1.29, 1.82) is 0 Å². The molecule has 1 aliphatic heterocycles. The third-order valence-electron chi connectivity index (χ3n) is 4.63. The molecule has 0 aliphatic carbocycles. The highest BCUT2D eigenvalue weighted by molar-refractivity contribution is 5.91. The Kier molecular flexibility index (Phi) is 5.51. The number of nitrogens with zero attached hydrogens (tertiary/aromatic N) is 2. The Morgan fingerprint density at radius 2 is 2.16 bits per heavy atom. The molecule has 1 fully saturated rings. The summed E-state index contributed by atoms with van der Waals surface area (Å²) in [6.45, 7) is 4.86. The van der Waals surface area contributed by atoms with Gasteiger partial charge >= 0.3 is 0 Å². The van der Waals surface area contributed by atoms with Gasteiger partial charge in [-0.1, -0.05) is 44.0 Å². The first kappa shape index (κ1) is 17.6. The predicted octanol–water partition coefficient (Wildman–Crippen LogP) is 4.77. The lowest BCUT2D eigenvalue weighted by molar-refractivity contribution is 0.0638. The van der Waals surface area contributed by atoms with E-state index in [-0.39, 0.29) is 23.5 Å². The largest absolute Gasteiger partial charge is 0.351 e. The maximum atomic E-state index is 13.7. The molecule has 0 saturated carbocycles. The number of benzene rings is 1. The summed E-state index contributed by atoms with van der Waals surface area (Å²) < 4.78 is 19.0. The number of hydrogen-bond acceptors (Lipinski definition) is 3. The van der Waals surface area contributed by atoms with Gasteiger partial charge in [-0.3, -0.25) is 4.79 Å². The average molecular weight is 344 g/mol. The summed E-state index contributed by atoms with van der Waals surface area (Å²) in [6.07, 6.45) is 4.67. The van der Waals surface area contributed by atoms with Crippen LogP contribution in [0.1, 0.15) is 67.4 Å². The molecule has 25 heavy (non-hydrogen) atoms. The molecule has 1 atom stereocenters. The van der Waals surface area contributed by atoms with Gasteiger partial charge in [-0.05, 0) is 42.9 Å². The second kappa shape index (κ2) is 7.81. The van der Waals surface area contributed by atoms with Gasteiger partial charge in [-0.15, -0.1) is 0 Å². The van der Waals surface area contributed by atoms with E-state index in [1.54, 1.807) is 12.1 Å². The van der Waals surface area contributed by atoms with Gasteiger partial charge in [0.2, 0.25) is 5.76 Å². The molecule has 1 aromatic heterocycles. The Bertz CT molecular complexity index is 726. The number of amides is 1. The van der Waals surface area contributed by atoms with Crippen LogP contribution in [0.2, 0.25) is 0 Å². The monoisotopic (exact) mass is 344 g/mol. The van der Waals surface area contributed by atoms with Crippen LogP contribution in [-0.2, 0) is 6.42 Å². The van der Waals surface area contributed by atoms with Crippen LogP contribution in [0.4, 0.5) is 4.39 Å². The fraction of sp³-hybridized carbons (Fsp3) is 0.500. The van der Waals surface area contributed by atoms with E-state index in [1.807, 2.05) is 11.0 Å². The van der Waals surface area contributed by atoms with Crippen LogP contribution in [0.25, 0.3) is 0 Å². The van der Waals surface area contributed by atoms with Crippen molar-refractivity contribution in [2.45, 2.75) is 52.0 Å². The predicted molar refractivity (Wildman–Crippen MR) is 93.7 cm³/mol. The molecule has 5 heteroatoms. The van der Waals surface area contributed by atoms with Crippen molar-refractivity contribution in [3.63, 3.8) is 0 Å². The summed E-state index contributed by atoms with van der Waals surface area (Å²) in [6, 6.07) is 8.18. The molecule has 2 heterocycles. The van der Waals surface area contributed by atoms with E-state index < -0.39 is 0 Å². The van der Waals surface area contributed by atoms with Crippen LogP contribution in [0, 0.1) is 11.7 Å². The molecule has 0 bridgehead atoms. The van der Waals surface area contributed by atoms with Crippen molar-refractivity contribution in [3.8, 4) is 0 Å². The molecular formula is C20H25FN2O2. The molecule has 3 rings (SSSR count). The van der Waals surface area contributed by atoms with Crippen molar-refractivity contribution < 1.29 is 13.7 Å². The van der Waals surface area contributed by atoms with Crippen LogP contribution < -0.4 is 0 Å². The Hall–Kier alpha value is -2.17. The lowest BCUT2D eigenvalue weighted by Crippen LogP contribution is -2.34. The van der Waals surface area contributed by atoms with Gasteiger partial charge in [0.1, 0.15) is 5.82 Å². The van der Waals surface area contributed by atoms with Crippen molar-refractivity contribution >= 4 is 5.91 Å². The molecule has 0 spiro atoms. The highest BCUT2D eigenvalue weighted by Gasteiger charge is 2.30. The molecule has 0 unspecified atom stereocenters. The first-order valence-electron chi connectivity index (χ1n) is 9.06. The Morgan fingerprint density at radius 3 is 2.92 bits per heavy atom. The minimum Gasteiger partial charge on any atom is -0.351 e. The fourth-order valence-corrected chi connectivity index (χ4v) is 3.48. The fourth-order valence-electron chi connectivity index (χ4n) is 3.48. The van der Waals surface area contributed by atoms with Crippen molar-refractivity contribution in [2.24, 2.45) is 5.92 Å². The standard InChI is InChI=1S/C20H25FN2O2/c1-14(2)11-17-13-19(25-22-17)20(24)23-10-5-3-4-9-18(23)15-7-6-8-16(21)12-15/h6-8,12-14,18H,3-5,9-11H2,1-2H3/t18-/m0/s1. The Labute approximate surface area is 148 Å². The number of hydrogen-bond donors (Lipinski definition) is 0. The van der Waals surface area contributed by atoms with E-state index in [9.17, 15) is 9.18 Å². The minimum atomic E-state index is -0.270. The molecule has 1 aromatic carbocycles. The molecule has 4 nitrogen and oxygen atoms in total. The summed E-state index contributed by atoms with van der Waals surface area (Å²) in [4.78, 5) is 14.8. The van der Waals surface area contributed by atoms with Gasteiger partial charge in [0.25, 0.3) is 5.91 Å². The topological polar surface area (TPSA) is 46.3 Å². The van der Waals surface area contributed by atoms with Crippen LogP contribution in [0.5, 0.6) is 0 Å². The lowest BCUT2D eigenvalue weighted by Gasteiger charge is -2.29. The zero-order valence-corrected chi connectivity index (χ0v) is 14.9. The molecule has 2 aromatic rings. The summed E-state index contributed by atoms with van der Waals surface area (Å²) in [7, 11) is 0. The van der Waals surface area contributed by atoms with Gasteiger partial charge in [0.15, 0.2) is 0 Å². The number of carbonyl (C=O) groups excluding carboxylic acids is 1. The number of likely N-dealkylation sites (tertiary alicyclic amines) is 1. The molecular weight excluding hydrogens is 319 g/mol. The highest BCUT2D eigenvalue weighted by Crippen LogP contribution is 2.31. The lowest BCUT2D eigenvalue weighted by atomic mass is 10.0. The zero-order valence-electron chi connectivity index (χ0n) is 14.9. The van der Waals surface area contributed by atoms with E-state index in [2.05, 4.69) is 19.0 Å². The minimum absolute atomic E-state index is 0.121. The van der Waals surface area contributed by atoms with Gasteiger partial charge in [-0.25, -0.2) is 4.39 Å². The highest BCUT2D eigenvalue weighted by atomic mass is 19.1. The second-order valence-electron chi connectivity index (χ2n) is 7.20. The molecule has 1 saturated heterocycles. The summed E-state index contributed by atoms with van der Waals surface area (Å²) in [5.41, 5.74) is 1.65. The number of carbonyl (C=O) groups is 1. The maximum absolute atomic E-state index is 13.7. The average Bonchev–Trinajstić information content (AvgIpc) is 2.89. The van der Waals surface area contributed by atoms with Crippen LogP contribution in [-0.4, -0.2) is 22.5 Å². The van der Waals surface area contributed by atoms with Crippen LogP contribution in [0.15, 0.2) is 34.9 Å². The van der Waals surface area contributed by atoms with Crippen molar-refractivity contribution in [1.82, 2.24) is 10.1 Å². The van der Waals surface area contributed by atoms with Gasteiger partial charge in [-0.2, -0.15) is 0 Å². The number of aromatic nitrogens is 1. The summed E-state index contributed by atoms with van der Waals surface area (Å²) in [5, 5.41) is 4.03. The molecule has 1 amide bonds. The molecule has 1 aliphatic rings. The van der Waals surface area contributed by atoms with E-state index in [1.165, 1.54) is 12.1 Å². The van der Waals surface area contributed by atoms with E-state index in [0.717, 1.165) is 43.4 Å². The molecule has 134 valence electrons. The molecule has 0 N–H and O–H groups in total. The van der Waals surface area contributed by atoms with Gasteiger partial charge in [0, 0.05) is 12.6 Å². The first-order valence-corrected chi connectivity index (χ1v) is 9.06. The van der Waals surface area contributed by atoms with Crippen LogP contribution in [0.3, 0.4) is 0 Å². The van der Waals surface area contributed by atoms with Gasteiger partial charge in [0.05, 0.1) is 11.7 Å². The SMILES string of the molecule is CC(C)Cc1cc(C(=O)N2CCCCC[C@H]2c2cccc(F)c2)on1. The van der Waals surface area contributed by atoms with Crippen molar-refractivity contribution in [3.05, 3.63) is 53.2 Å². The van der Waals surface area contributed by atoms with Crippen LogP contribution >= 0.6 is 0 Å². The third kappa shape index (κ3) is 4.27. The molecule has 0 radical (unpaired) electrons. The Balaban J connectivity index is 1.85. The second-order valence-corrected chi connectivity index (χ2v) is 7.20. The normalized spacial score (nSPS) is 18.4. The van der Waals surface area contributed by atoms with E-state index in [0.29, 0.717) is 12.5 Å². The van der Waals surface area contributed by atoms with E-state index in [4.69, 9.17) is 4.52 Å². The quantitative estimate of drug-likeness (QED) is 0.802. The zero-order chi connectivity index (χ0) is 17.8. The van der Waals surface area contributed by atoms with Gasteiger partial charge < -0.3 is 9.42 Å². The van der Waals surface area contributed by atoms with E-state index >= 15 is 0 Å². The Morgan fingerprint density at radius 1 is 1.32 bits per heavy atom. The third-order valence-corrected chi connectivity index (χ3v) is 4.63. The smallest absolute Gasteiger partial charge is 0.292 e. The first-order chi connectivity index (χ1) is 12.0. The number of rotatable bonds is 4. The maximum Gasteiger partial charge on any atom is 0.292 e. The number of halogens is 1. The van der Waals surface area contributed by atoms with Crippen molar-refractivity contribution in [2.75, 3.05) is 6.54 Å².